The quantitative estimate of drug-likeness (QED) is 0.0298. The number of carboxylic acid groups (broad SMARTS) is 1. The molecule has 0 bridgehead atoms. The minimum Gasteiger partial charge on any atom is -0.480 e. The number of aliphatic imine (C=N–C) groups is 1. The predicted octanol–water partition coefficient (Wildman–Crippen LogP) is -4.51. The third kappa shape index (κ3) is 14.1. The Morgan fingerprint density at radius 3 is 2.13 bits per heavy atom. The van der Waals surface area contributed by atoms with Crippen LogP contribution in [0.2, 0.25) is 0 Å². The molecule has 0 aromatic heterocycles. The number of guanidine groups is 1. The van der Waals surface area contributed by atoms with Gasteiger partial charge in [0.25, 0.3) is 0 Å². The van der Waals surface area contributed by atoms with Crippen LogP contribution < -0.4 is 48.7 Å². The van der Waals surface area contributed by atoms with Gasteiger partial charge in [-0.05, 0) is 64.8 Å². The number of carbonyl (C=O) groups excluding carboxylic acids is 7. The van der Waals surface area contributed by atoms with Crippen molar-refractivity contribution in [3.8, 4) is 0 Å². The number of aliphatic hydroxyl groups is 1. The highest BCUT2D eigenvalue weighted by Crippen LogP contribution is 2.20. The highest BCUT2D eigenvalue weighted by Gasteiger charge is 2.40. The van der Waals surface area contributed by atoms with E-state index in [2.05, 4.69) is 42.2 Å². The standard InChI is InChI=1S/C33H57N11O10/c1-5-17(2)25(30(51)42-21(32(53)54)10-7-13-37-33(34)35)43-29(50)23-11-8-14-44(23)31(52)22(16-45)41-24(46)15-38-26(47)18(3)39-27(48)19(4)40-28(49)20-9-6-12-36-20/h17-23,25,36,45H,5-16H2,1-4H3,(H,38,47)(H,39,48)(H,40,49)(H,41,46)(H,42,51)(H,43,50)(H,53,54)(H4,34,35,37)/t17-,18-,19-,20-,21-,22-,23-,25-/m0/s1. The average Bonchev–Trinajstić information content (AvgIpc) is 3.85. The molecule has 54 heavy (non-hydrogen) atoms. The third-order valence-corrected chi connectivity index (χ3v) is 9.31. The lowest BCUT2D eigenvalue weighted by atomic mass is 9.97. The zero-order chi connectivity index (χ0) is 40.5. The lowest BCUT2D eigenvalue weighted by molar-refractivity contribution is -0.144. The van der Waals surface area contributed by atoms with Crippen LogP contribution >= 0.6 is 0 Å². The van der Waals surface area contributed by atoms with Gasteiger partial charge in [0, 0.05) is 13.1 Å². The van der Waals surface area contributed by atoms with E-state index in [9.17, 15) is 48.6 Å². The van der Waals surface area contributed by atoms with E-state index < -0.39 is 96.7 Å². The van der Waals surface area contributed by atoms with E-state index in [0.717, 1.165) is 6.42 Å². The molecule has 21 heteroatoms. The van der Waals surface area contributed by atoms with E-state index in [1.54, 1.807) is 13.8 Å². The van der Waals surface area contributed by atoms with Gasteiger partial charge in [0.2, 0.25) is 41.4 Å². The SMILES string of the molecule is CC[C@H](C)[C@H](NC(=O)[C@@H]1CCCN1C(=O)[C@H](CO)NC(=O)CNC(=O)[C@H](C)NC(=O)[C@H](C)NC(=O)[C@@H]1CCCN1)C(=O)N[C@@H](CCCN=C(N)N)C(=O)O. The molecule has 21 nitrogen and oxygen atoms in total. The van der Waals surface area contributed by atoms with Gasteiger partial charge in [0.15, 0.2) is 5.96 Å². The van der Waals surface area contributed by atoms with Crippen LogP contribution in [-0.2, 0) is 38.4 Å². The largest absolute Gasteiger partial charge is 0.480 e. The summed E-state index contributed by atoms with van der Waals surface area (Å²) in [4.78, 5) is 107. The Bertz CT molecular complexity index is 1390. The topological polar surface area (TPSA) is 329 Å². The van der Waals surface area contributed by atoms with Crippen LogP contribution in [0.3, 0.4) is 0 Å². The number of carbonyl (C=O) groups is 8. The molecule has 2 rings (SSSR count). The van der Waals surface area contributed by atoms with Gasteiger partial charge in [-0.3, -0.25) is 38.6 Å². The molecule has 0 unspecified atom stereocenters. The van der Waals surface area contributed by atoms with Gasteiger partial charge in [-0.1, -0.05) is 20.3 Å². The van der Waals surface area contributed by atoms with Crippen molar-refractivity contribution in [3.05, 3.63) is 0 Å². The highest BCUT2D eigenvalue weighted by atomic mass is 16.4. The van der Waals surface area contributed by atoms with Crippen molar-refractivity contribution in [3.63, 3.8) is 0 Å². The molecule has 13 N–H and O–H groups in total. The Morgan fingerprint density at radius 1 is 0.852 bits per heavy atom. The molecule has 304 valence electrons. The fourth-order valence-electron chi connectivity index (χ4n) is 5.92. The molecule has 2 saturated heterocycles. The van der Waals surface area contributed by atoms with Gasteiger partial charge in [0.05, 0.1) is 19.2 Å². The van der Waals surface area contributed by atoms with Crippen LogP contribution in [0.15, 0.2) is 4.99 Å². The second-order valence-electron chi connectivity index (χ2n) is 13.5. The first-order valence-corrected chi connectivity index (χ1v) is 18.2. The smallest absolute Gasteiger partial charge is 0.326 e. The number of carboxylic acids is 1. The monoisotopic (exact) mass is 767 g/mol. The van der Waals surface area contributed by atoms with Gasteiger partial charge in [-0.2, -0.15) is 0 Å². The van der Waals surface area contributed by atoms with Crippen LogP contribution in [0.25, 0.3) is 0 Å². The summed E-state index contributed by atoms with van der Waals surface area (Å²) in [5, 5.41) is 37.5. The Morgan fingerprint density at radius 2 is 1.54 bits per heavy atom. The molecule has 2 heterocycles. The van der Waals surface area contributed by atoms with E-state index in [4.69, 9.17) is 11.5 Å². The number of aliphatic hydroxyl groups excluding tert-OH is 1. The van der Waals surface area contributed by atoms with E-state index >= 15 is 0 Å². The fourth-order valence-corrected chi connectivity index (χ4v) is 5.92. The number of nitrogens with one attached hydrogen (secondary N) is 7. The molecule has 2 aliphatic rings. The van der Waals surface area contributed by atoms with Crippen molar-refractivity contribution in [2.75, 3.05) is 32.8 Å². The van der Waals surface area contributed by atoms with Crippen molar-refractivity contribution in [1.29, 1.82) is 0 Å². The fraction of sp³-hybridized carbons (Fsp3) is 0.727. The second-order valence-corrected chi connectivity index (χ2v) is 13.5. The maximum Gasteiger partial charge on any atom is 0.326 e. The summed E-state index contributed by atoms with van der Waals surface area (Å²) in [6, 6.07) is -7.33. The van der Waals surface area contributed by atoms with E-state index in [-0.39, 0.29) is 50.3 Å². The van der Waals surface area contributed by atoms with E-state index in [0.29, 0.717) is 25.8 Å². The van der Waals surface area contributed by atoms with Crippen LogP contribution in [-0.4, -0.2) is 143 Å². The van der Waals surface area contributed by atoms with Crippen molar-refractivity contribution < 1.29 is 48.6 Å². The molecule has 0 aliphatic carbocycles. The first-order valence-electron chi connectivity index (χ1n) is 18.2. The highest BCUT2D eigenvalue weighted by molar-refractivity contribution is 5.97. The molecule has 2 fully saturated rings. The van der Waals surface area contributed by atoms with Gasteiger partial charge >= 0.3 is 5.97 Å². The minimum absolute atomic E-state index is 0.0240. The second kappa shape index (κ2) is 22.2. The van der Waals surface area contributed by atoms with Crippen LogP contribution in [0, 0.1) is 5.92 Å². The molecule has 0 radical (unpaired) electrons. The predicted molar refractivity (Wildman–Crippen MR) is 194 cm³/mol. The van der Waals surface area contributed by atoms with Gasteiger partial charge in [-0.15, -0.1) is 0 Å². The Hall–Kier alpha value is -5.05. The molecular formula is C33H57N11O10. The van der Waals surface area contributed by atoms with Gasteiger partial charge in [-0.25, -0.2) is 4.79 Å². The minimum atomic E-state index is -1.47. The summed E-state index contributed by atoms with van der Waals surface area (Å²) < 4.78 is 0. The van der Waals surface area contributed by atoms with E-state index in [1.165, 1.54) is 18.7 Å². The molecule has 0 spiro atoms. The molecule has 0 aromatic rings. The van der Waals surface area contributed by atoms with Gasteiger partial charge in [0.1, 0.15) is 36.3 Å². The molecule has 8 atom stereocenters. The van der Waals surface area contributed by atoms with Crippen molar-refractivity contribution >= 4 is 53.3 Å². The van der Waals surface area contributed by atoms with Gasteiger partial charge < -0.3 is 63.8 Å². The molecule has 2 aliphatic heterocycles. The van der Waals surface area contributed by atoms with Crippen molar-refractivity contribution in [2.24, 2.45) is 22.4 Å². The maximum atomic E-state index is 13.5. The Balaban J connectivity index is 1.94. The maximum absolute atomic E-state index is 13.5. The number of amides is 7. The summed E-state index contributed by atoms with van der Waals surface area (Å²) in [5.41, 5.74) is 10.6. The number of nitrogens with zero attached hydrogens (tertiary/aromatic N) is 2. The number of likely N-dealkylation sites (tertiary alicyclic amines) is 1. The lowest BCUT2D eigenvalue weighted by Crippen LogP contribution is -2.59. The van der Waals surface area contributed by atoms with Crippen molar-refractivity contribution in [2.45, 2.75) is 115 Å². The number of rotatable bonds is 21. The molecular weight excluding hydrogens is 710 g/mol. The zero-order valence-electron chi connectivity index (χ0n) is 31.3. The van der Waals surface area contributed by atoms with Crippen LogP contribution in [0.5, 0.6) is 0 Å². The Kier molecular flexibility index (Phi) is 18.6. The first kappa shape index (κ1) is 45.1. The number of hydrogen-bond donors (Lipinski definition) is 11. The lowest BCUT2D eigenvalue weighted by Gasteiger charge is -2.31. The third-order valence-electron chi connectivity index (χ3n) is 9.31. The molecule has 0 aromatic carbocycles. The van der Waals surface area contributed by atoms with Crippen LogP contribution in [0.1, 0.15) is 72.6 Å². The first-order chi connectivity index (χ1) is 25.5. The summed E-state index contributed by atoms with van der Waals surface area (Å²) in [6.45, 7) is 5.90. The summed E-state index contributed by atoms with van der Waals surface area (Å²) in [6.07, 6.45) is 2.87. The summed E-state index contributed by atoms with van der Waals surface area (Å²) >= 11 is 0. The van der Waals surface area contributed by atoms with Crippen LogP contribution in [0.4, 0.5) is 0 Å². The summed E-state index contributed by atoms with van der Waals surface area (Å²) in [5.74, 6) is -6.51. The number of nitrogens with two attached hydrogens (primary N) is 2. The zero-order valence-corrected chi connectivity index (χ0v) is 31.3. The van der Waals surface area contributed by atoms with E-state index in [1.807, 2.05) is 0 Å². The normalized spacial score (nSPS) is 19.8. The summed E-state index contributed by atoms with van der Waals surface area (Å²) in [7, 11) is 0. The number of hydrogen-bond acceptors (Lipinski definition) is 11. The number of aliphatic carboxylic acids is 1. The van der Waals surface area contributed by atoms with Crippen molar-refractivity contribution in [1.82, 2.24) is 42.1 Å². The average molecular weight is 768 g/mol. The molecule has 0 saturated carbocycles. The molecule has 7 amide bonds. The Labute approximate surface area is 313 Å².